The molecule has 310 valence electrons. The Bertz CT molecular complexity index is 1700. The predicted octanol–water partition coefficient (Wildman–Crippen LogP) is 6.24. The Morgan fingerprint density at radius 1 is 1.16 bits per heavy atom. The van der Waals surface area contributed by atoms with Crippen LogP contribution in [0, 0.1) is 5.41 Å². The van der Waals surface area contributed by atoms with E-state index >= 15 is 0 Å². The zero-order chi connectivity index (χ0) is 42.4. The number of nitrogens with two attached hydrogens (primary N) is 1. The minimum absolute atomic E-state index is 0.00498. The number of hydrogen-bond donors (Lipinski definition) is 7. The van der Waals surface area contributed by atoms with Crippen LogP contribution in [0.1, 0.15) is 77.5 Å². The number of allylic oxidation sites excluding steroid dienone is 3. The molecule has 1 heterocycles. The van der Waals surface area contributed by atoms with Crippen LogP contribution in [-0.4, -0.2) is 78.5 Å². The van der Waals surface area contributed by atoms with Crippen molar-refractivity contribution in [3.8, 4) is 5.75 Å². The molecular formula is C38H55ClF3N9O5. The summed E-state index contributed by atoms with van der Waals surface area (Å²) in [5.41, 5.74) is 13.0. The van der Waals surface area contributed by atoms with E-state index in [1.807, 2.05) is 45.9 Å². The number of fused-ring (bicyclic) bond motifs is 1. The number of hydrazine groups is 1. The average molecular weight is 810 g/mol. The van der Waals surface area contributed by atoms with Gasteiger partial charge in [-0.25, -0.2) is 10.4 Å². The summed E-state index contributed by atoms with van der Waals surface area (Å²) in [6.45, 7) is 15.0. The second kappa shape index (κ2) is 25.0. The zero-order valence-electron chi connectivity index (χ0n) is 32.8. The predicted molar refractivity (Wildman–Crippen MR) is 214 cm³/mol. The molecule has 0 saturated carbocycles. The maximum absolute atomic E-state index is 14.3. The minimum atomic E-state index is -4.65. The van der Waals surface area contributed by atoms with E-state index in [-0.39, 0.29) is 60.3 Å². The highest BCUT2D eigenvalue weighted by molar-refractivity contribution is 6.33. The van der Waals surface area contributed by atoms with Gasteiger partial charge in [-0.3, -0.25) is 14.4 Å². The third kappa shape index (κ3) is 14.7. The van der Waals surface area contributed by atoms with Crippen molar-refractivity contribution in [1.82, 2.24) is 26.1 Å². The fourth-order valence-electron chi connectivity index (χ4n) is 5.27. The quantitative estimate of drug-likeness (QED) is 0.0215. The Kier molecular flexibility index (Phi) is 21.7. The number of aliphatic hydroxyl groups excluding tert-OH is 1. The van der Waals surface area contributed by atoms with Gasteiger partial charge >= 0.3 is 6.18 Å². The van der Waals surface area contributed by atoms with Crippen molar-refractivity contribution in [1.29, 1.82) is 5.41 Å². The lowest BCUT2D eigenvalue weighted by molar-refractivity contribution is -0.137. The topological polar surface area (TPSA) is 198 Å². The maximum atomic E-state index is 14.3. The number of rotatable bonds is 19. The summed E-state index contributed by atoms with van der Waals surface area (Å²) in [5, 5.41) is 27.7. The van der Waals surface area contributed by atoms with E-state index in [9.17, 15) is 32.7 Å². The van der Waals surface area contributed by atoms with Crippen molar-refractivity contribution in [3.05, 3.63) is 81.0 Å². The molecule has 1 aliphatic rings. The summed E-state index contributed by atoms with van der Waals surface area (Å²) in [6.07, 6.45) is -2.30. The number of aliphatic hydroxyl groups is 1. The van der Waals surface area contributed by atoms with Gasteiger partial charge in [0.25, 0.3) is 5.91 Å². The highest BCUT2D eigenvalue weighted by Gasteiger charge is 2.32. The second-order valence-corrected chi connectivity index (χ2v) is 12.0. The summed E-state index contributed by atoms with van der Waals surface area (Å²) in [4.78, 5) is 40.1. The first kappa shape index (κ1) is 48.7. The average Bonchev–Trinajstić information content (AvgIpc) is 3.19. The standard InChI is InChI=1S/C34H43ClF3N9O5.2C2H6/c1-4-27(45-43-18-22-7-5-9-29-24(22)8-6-16-52-29)31(46(15-13-42-20-48)14-12-26(40)32(50)21(2)39)33(51)47(41-3)19-30(49)44-28-11-10-23(17-25(28)35)34(36,37)38;2*1-2/h5,7,9-11,17,20,40,43,45,50H,3-4,6,8,12-16,18-19,39H2,1-2H3,(H,42,48)(H,44,49);2*1-2H3/b31-27+,32-21+,40-26?;;. The van der Waals surface area contributed by atoms with Gasteiger partial charge in [-0.05, 0) is 61.6 Å². The number of amides is 3. The molecule has 18 heteroatoms. The van der Waals surface area contributed by atoms with Gasteiger partial charge in [0.2, 0.25) is 12.3 Å². The molecule has 0 aromatic heterocycles. The van der Waals surface area contributed by atoms with E-state index in [1.54, 1.807) is 11.8 Å². The maximum Gasteiger partial charge on any atom is 0.416 e. The molecule has 2 aromatic carbocycles. The molecule has 2 aromatic rings. The zero-order valence-corrected chi connectivity index (χ0v) is 33.6. The van der Waals surface area contributed by atoms with Gasteiger partial charge in [0.05, 0.1) is 34.3 Å². The third-order valence-corrected chi connectivity index (χ3v) is 8.22. The lowest BCUT2D eigenvalue weighted by Crippen LogP contribution is -2.45. The van der Waals surface area contributed by atoms with Crippen LogP contribution < -0.4 is 32.0 Å². The lowest BCUT2D eigenvalue weighted by Gasteiger charge is -2.31. The summed E-state index contributed by atoms with van der Waals surface area (Å²) in [5.74, 6) is -1.27. The number of halogens is 4. The highest BCUT2D eigenvalue weighted by atomic mass is 35.5. The van der Waals surface area contributed by atoms with Crippen LogP contribution >= 0.6 is 11.6 Å². The van der Waals surface area contributed by atoms with E-state index in [2.05, 4.69) is 33.3 Å². The molecule has 0 aliphatic carbocycles. The number of hydrazone groups is 1. The van der Waals surface area contributed by atoms with Gasteiger partial charge in [0, 0.05) is 45.0 Å². The normalized spacial score (nSPS) is 12.6. The summed E-state index contributed by atoms with van der Waals surface area (Å²) >= 11 is 6.01. The van der Waals surface area contributed by atoms with Gasteiger partial charge in [0.1, 0.15) is 18.0 Å². The Balaban J connectivity index is 0.00000379. The van der Waals surface area contributed by atoms with Crippen LogP contribution in [0.15, 0.2) is 64.3 Å². The van der Waals surface area contributed by atoms with Crippen molar-refractivity contribution < 1.29 is 37.4 Å². The van der Waals surface area contributed by atoms with Crippen LogP contribution in [0.2, 0.25) is 5.02 Å². The number of ether oxygens (including phenoxy) is 1. The molecule has 0 unspecified atom stereocenters. The Morgan fingerprint density at radius 3 is 2.45 bits per heavy atom. The molecule has 56 heavy (non-hydrogen) atoms. The molecule has 14 nitrogen and oxygen atoms in total. The van der Waals surface area contributed by atoms with E-state index in [4.69, 9.17) is 27.5 Å². The number of carbonyl (C=O) groups is 3. The summed E-state index contributed by atoms with van der Waals surface area (Å²) < 4.78 is 45.1. The van der Waals surface area contributed by atoms with Crippen molar-refractivity contribution in [2.45, 2.75) is 79.9 Å². The van der Waals surface area contributed by atoms with Crippen molar-refractivity contribution in [2.24, 2.45) is 10.8 Å². The van der Waals surface area contributed by atoms with Gasteiger partial charge < -0.3 is 41.9 Å². The number of alkyl halides is 3. The molecular weight excluding hydrogens is 755 g/mol. The first-order chi connectivity index (χ1) is 26.7. The summed E-state index contributed by atoms with van der Waals surface area (Å²) in [7, 11) is 0. The number of carbonyl (C=O) groups excluding carboxylic acids is 3. The Labute approximate surface area is 331 Å². The molecule has 0 atom stereocenters. The van der Waals surface area contributed by atoms with Crippen molar-refractivity contribution >= 4 is 47.9 Å². The number of hydrogen-bond acceptors (Lipinski definition) is 11. The van der Waals surface area contributed by atoms with Crippen LogP contribution in [0.3, 0.4) is 0 Å². The van der Waals surface area contributed by atoms with Crippen molar-refractivity contribution in [2.75, 3.05) is 38.1 Å². The lowest BCUT2D eigenvalue weighted by atomic mass is 10.00. The Morgan fingerprint density at radius 2 is 1.86 bits per heavy atom. The van der Waals surface area contributed by atoms with E-state index in [1.165, 1.54) is 6.92 Å². The number of nitrogens with one attached hydrogen (secondary N) is 5. The highest BCUT2D eigenvalue weighted by Crippen LogP contribution is 2.34. The SMILES string of the molecule is C=NN(CC(=O)Nc1ccc(C(F)(F)F)cc1Cl)C(=O)/C(=C(/CC)NNCc1cccc2c1CCCO2)N(CCNC=O)CCC(=N)/C(O)=C(/C)N.CC.CC. The van der Waals surface area contributed by atoms with Gasteiger partial charge in [-0.1, -0.05) is 58.4 Å². The molecule has 0 radical (unpaired) electrons. The van der Waals surface area contributed by atoms with Gasteiger partial charge in [0.15, 0.2) is 5.76 Å². The third-order valence-electron chi connectivity index (χ3n) is 7.90. The van der Waals surface area contributed by atoms with Gasteiger partial charge in [-0.15, -0.1) is 0 Å². The fourth-order valence-corrected chi connectivity index (χ4v) is 5.49. The van der Waals surface area contributed by atoms with Crippen LogP contribution in [0.4, 0.5) is 18.9 Å². The first-order valence-electron chi connectivity index (χ1n) is 18.3. The number of benzene rings is 2. The van der Waals surface area contributed by atoms with Crippen LogP contribution in [0.5, 0.6) is 5.75 Å². The number of anilines is 1. The van der Waals surface area contributed by atoms with Crippen LogP contribution in [-0.2, 0) is 33.5 Å². The van der Waals surface area contributed by atoms with E-state index < -0.39 is 35.9 Å². The molecule has 3 amide bonds. The monoisotopic (exact) mass is 809 g/mol. The summed E-state index contributed by atoms with van der Waals surface area (Å²) in [6, 6.07) is 8.15. The van der Waals surface area contributed by atoms with Crippen LogP contribution in [0.25, 0.3) is 0 Å². The largest absolute Gasteiger partial charge is 0.504 e. The molecule has 1 aliphatic heterocycles. The molecule has 0 fully saturated rings. The molecule has 0 bridgehead atoms. The molecule has 0 spiro atoms. The second-order valence-electron chi connectivity index (χ2n) is 11.6. The van der Waals surface area contributed by atoms with E-state index in [0.29, 0.717) is 31.3 Å². The van der Waals surface area contributed by atoms with Crippen molar-refractivity contribution in [3.63, 3.8) is 0 Å². The first-order valence-corrected chi connectivity index (χ1v) is 18.6. The Hall–Kier alpha value is -5.29. The fraction of sp³-hybridized carbons (Fsp3) is 0.447. The molecule has 3 rings (SSSR count). The smallest absolute Gasteiger partial charge is 0.416 e. The minimum Gasteiger partial charge on any atom is -0.504 e. The van der Waals surface area contributed by atoms with Gasteiger partial charge in [-0.2, -0.15) is 18.3 Å². The van der Waals surface area contributed by atoms with E-state index in [0.717, 1.165) is 46.9 Å². The molecule has 8 N–H and O–H groups in total. The number of nitrogens with zero attached hydrogens (tertiary/aromatic N) is 3. The molecule has 0 saturated heterocycles.